The van der Waals surface area contributed by atoms with Crippen LogP contribution in [0.15, 0.2) is 85.2 Å². The molecule has 1 aliphatic heterocycles. The smallest absolute Gasteiger partial charge is 0.336 e. The van der Waals surface area contributed by atoms with Gasteiger partial charge in [-0.15, -0.1) is 0 Å². The minimum atomic E-state index is -1.30. The van der Waals surface area contributed by atoms with Crippen LogP contribution in [-0.2, 0) is 11.2 Å². The van der Waals surface area contributed by atoms with E-state index in [4.69, 9.17) is 14.2 Å². The highest BCUT2D eigenvalue weighted by molar-refractivity contribution is 6.05. The van der Waals surface area contributed by atoms with Crippen LogP contribution < -0.4 is 9.47 Å². The number of aliphatic hydroxyl groups is 2. The van der Waals surface area contributed by atoms with E-state index in [0.717, 1.165) is 11.1 Å². The molecule has 12 nitrogen and oxygen atoms in total. The highest BCUT2D eigenvalue weighted by Crippen LogP contribution is 2.34. The maximum absolute atomic E-state index is 12.7. The first kappa shape index (κ1) is 29.9. The van der Waals surface area contributed by atoms with Crippen LogP contribution in [0.3, 0.4) is 0 Å². The van der Waals surface area contributed by atoms with Crippen LogP contribution in [-0.4, -0.2) is 78.6 Å². The van der Waals surface area contributed by atoms with Gasteiger partial charge in [0.1, 0.15) is 30.7 Å². The van der Waals surface area contributed by atoms with Crippen LogP contribution in [0.5, 0.6) is 11.6 Å². The van der Waals surface area contributed by atoms with Crippen LogP contribution in [0.1, 0.15) is 38.9 Å². The molecule has 0 unspecified atom stereocenters. The maximum Gasteiger partial charge on any atom is 0.336 e. The first-order valence-electron chi connectivity index (χ1n) is 14.3. The lowest BCUT2D eigenvalue weighted by Gasteiger charge is -2.17. The number of aliphatic hydroxyl groups excluding tert-OH is 2. The van der Waals surface area contributed by atoms with Crippen molar-refractivity contribution in [3.63, 3.8) is 0 Å². The number of methoxy groups -OCH3 is 1. The molecule has 0 radical (unpaired) electrons. The monoisotopic (exact) mass is 610 g/mol. The number of hydrogen-bond acceptors (Lipinski definition) is 10. The molecule has 45 heavy (non-hydrogen) atoms. The molecule has 1 aliphatic rings. The molecule has 0 bridgehead atoms. The summed E-state index contributed by atoms with van der Waals surface area (Å²) in [6, 6.07) is 22.6. The fourth-order valence-corrected chi connectivity index (χ4v) is 5.31. The Morgan fingerprint density at radius 1 is 0.933 bits per heavy atom. The predicted molar refractivity (Wildman–Crippen MR) is 161 cm³/mol. The van der Waals surface area contributed by atoms with Crippen molar-refractivity contribution < 1.29 is 39.1 Å². The number of benzene rings is 3. The number of imidazole rings is 1. The van der Waals surface area contributed by atoms with Crippen molar-refractivity contribution in [3.8, 4) is 23.0 Å². The van der Waals surface area contributed by atoms with Gasteiger partial charge in [-0.25, -0.2) is 14.8 Å². The summed E-state index contributed by atoms with van der Waals surface area (Å²) in [6.07, 6.45) is -2.50. The van der Waals surface area contributed by atoms with Gasteiger partial charge in [0.2, 0.25) is 5.88 Å². The number of ether oxygens (including phenoxy) is 3. The van der Waals surface area contributed by atoms with Crippen molar-refractivity contribution in [3.05, 3.63) is 102 Å². The molecule has 3 heterocycles. The normalized spacial score (nSPS) is 19.4. The van der Waals surface area contributed by atoms with Gasteiger partial charge in [0.25, 0.3) is 0 Å². The van der Waals surface area contributed by atoms with Crippen LogP contribution in [0.25, 0.3) is 22.6 Å². The third-order valence-corrected chi connectivity index (χ3v) is 7.64. The van der Waals surface area contributed by atoms with E-state index < -0.39 is 30.5 Å². The second-order valence-corrected chi connectivity index (χ2v) is 10.5. The molecule has 230 valence electrons. The number of fused-ring (bicyclic) bond motifs is 1. The second kappa shape index (κ2) is 12.8. The van der Waals surface area contributed by atoms with E-state index in [1.165, 1.54) is 25.6 Å². The summed E-state index contributed by atoms with van der Waals surface area (Å²) >= 11 is 0. The van der Waals surface area contributed by atoms with Crippen LogP contribution >= 0.6 is 0 Å². The number of nitrogens with zero attached hydrogens (tertiary/aromatic N) is 4. The molecule has 1 fully saturated rings. The van der Waals surface area contributed by atoms with Crippen molar-refractivity contribution in [1.82, 2.24) is 19.5 Å². The van der Waals surface area contributed by atoms with Gasteiger partial charge in [-0.3, -0.25) is 9.36 Å². The topological polar surface area (TPSA) is 166 Å². The lowest BCUT2D eigenvalue weighted by Crippen LogP contribution is -2.34. The Balaban J connectivity index is 1.14. The summed E-state index contributed by atoms with van der Waals surface area (Å²) in [4.78, 5) is 37.7. The highest BCUT2D eigenvalue weighted by Gasteiger charge is 2.45. The van der Waals surface area contributed by atoms with Gasteiger partial charge in [0.15, 0.2) is 29.0 Å². The fraction of sp³-hybridized carbons (Fsp3) is 0.242. The van der Waals surface area contributed by atoms with Gasteiger partial charge in [-0.2, -0.15) is 4.98 Å². The summed E-state index contributed by atoms with van der Waals surface area (Å²) in [7, 11) is 1.49. The molecule has 0 saturated carbocycles. The molecule has 5 aromatic rings. The number of carboxylic acid groups (broad SMARTS) is 1. The Hall–Kier alpha value is -5.17. The van der Waals surface area contributed by atoms with E-state index in [-0.39, 0.29) is 35.8 Å². The average Bonchev–Trinajstić information content (AvgIpc) is 3.62. The molecule has 1 saturated heterocycles. The minimum Gasteiger partial charge on any atom is -0.491 e. The van der Waals surface area contributed by atoms with E-state index >= 15 is 0 Å². The summed E-state index contributed by atoms with van der Waals surface area (Å²) < 4.78 is 19.0. The Morgan fingerprint density at radius 3 is 2.44 bits per heavy atom. The summed E-state index contributed by atoms with van der Waals surface area (Å²) in [5.41, 5.74) is 2.47. The Morgan fingerprint density at radius 2 is 1.69 bits per heavy atom. The zero-order valence-electron chi connectivity index (χ0n) is 24.2. The van der Waals surface area contributed by atoms with Crippen molar-refractivity contribution in [2.45, 2.75) is 37.4 Å². The molecule has 0 spiro atoms. The number of rotatable bonds is 11. The molecule has 4 atom stereocenters. The largest absolute Gasteiger partial charge is 0.491 e. The number of aromatic carboxylic acids is 1. The van der Waals surface area contributed by atoms with E-state index in [1.54, 1.807) is 34.9 Å². The molecule has 6 rings (SSSR count). The molecule has 12 heteroatoms. The first-order valence-corrected chi connectivity index (χ1v) is 14.3. The third kappa shape index (κ3) is 6.11. The van der Waals surface area contributed by atoms with Gasteiger partial charge in [0, 0.05) is 17.5 Å². The number of ketones is 1. The van der Waals surface area contributed by atoms with Gasteiger partial charge >= 0.3 is 5.97 Å². The van der Waals surface area contributed by atoms with Gasteiger partial charge < -0.3 is 29.5 Å². The zero-order valence-corrected chi connectivity index (χ0v) is 24.2. The number of Topliss-reactive ketones (excluding diaryl/α,β-unsaturated/α-hetero) is 1. The Kier molecular flexibility index (Phi) is 8.52. The number of aromatic nitrogens is 4. The fourth-order valence-electron chi connectivity index (χ4n) is 5.31. The quantitative estimate of drug-likeness (QED) is 0.187. The maximum atomic E-state index is 12.7. The summed E-state index contributed by atoms with van der Waals surface area (Å²) in [5, 5.41) is 31.2. The minimum absolute atomic E-state index is 0.0258. The van der Waals surface area contributed by atoms with Crippen LogP contribution in [0.4, 0.5) is 0 Å². The van der Waals surface area contributed by atoms with Gasteiger partial charge in [-0.05, 0) is 30.2 Å². The Bertz CT molecular complexity index is 1840. The van der Waals surface area contributed by atoms with Crippen LogP contribution in [0, 0.1) is 0 Å². The highest BCUT2D eigenvalue weighted by atomic mass is 16.6. The zero-order chi connectivity index (χ0) is 31.5. The predicted octanol–water partition coefficient (Wildman–Crippen LogP) is 3.71. The second-order valence-electron chi connectivity index (χ2n) is 10.5. The summed E-state index contributed by atoms with van der Waals surface area (Å²) in [6.45, 7) is -0.0662. The SMILES string of the molecule is COc1nc(-c2ccccc2)nc2c1ncn2[C@@H]1O[C@H](COc2cccc(CCC(=O)c3ccccc3C(=O)O)c2)[C@@H](O)[C@H]1O. The van der Waals surface area contributed by atoms with Crippen LogP contribution in [0.2, 0.25) is 0 Å². The first-order chi connectivity index (χ1) is 21.8. The number of carboxylic acids is 1. The molecule has 3 N–H and O–H groups in total. The standard InChI is InChI=1S/C33H30N4O8/c1-43-31-26-30(35-29(36-31)20-9-3-2-4-10-20)37(18-34-26)32-28(40)27(39)25(45-32)17-44-21-11-7-8-19(16-21)14-15-24(38)22-12-5-6-13-23(22)33(41)42/h2-13,16,18,25,27-28,32,39-40H,14-15,17H2,1H3,(H,41,42)/t25-,27-,28-,32-/m1/s1. The van der Waals surface area contributed by atoms with Crippen molar-refractivity contribution in [2.24, 2.45) is 0 Å². The lowest BCUT2D eigenvalue weighted by atomic mass is 9.98. The lowest BCUT2D eigenvalue weighted by molar-refractivity contribution is -0.0474. The van der Waals surface area contributed by atoms with Crippen molar-refractivity contribution in [2.75, 3.05) is 13.7 Å². The summed E-state index contributed by atoms with van der Waals surface area (Å²) in [5.74, 6) is -0.269. The van der Waals surface area contributed by atoms with E-state index in [1.807, 2.05) is 36.4 Å². The molecule has 0 amide bonds. The number of aryl methyl sites for hydroxylation is 1. The molecular weight excluding hydrogens is 580 g/mol. The van der Waals surface area contributed by atoms with Gasteiger partial charge in [-0.1, -0.05) is 60.7 Å². The Labute approximate surface area is 257 Å². The third-order valence-electron chi connectivity index (χ3n) is 7.64. The molecule has 0 aliphatic carbocycles. The van der Waals surface area contributed by atoms with E-state index in [2.05, 4.69) is 15.0 Å². The van der Waals surface area contributed by atoms with E-state index in [0.29, 0.717) is 29.2 Å². The molecular formula is C33H30N4O8. The molecule has 2 aromatic heterocycles. The average molecular weight is 611 g/mol. The molecule has 3 aromatic carbocycles. The van der Waals surface area contributed by atoms with E-state index in [9.17, 15) is 24.9 Å². The number of hydrogen-bond donors (Lipinski definition) is 3. The van der Waals surface area contributed by atoms with Gasteiger partial charge in [0.05, 0.1) is 19.0 Å². The number of carbonyl (C=O) groups is 2. The van der Waals surface area contributed by atoms with Crippen molar-refractivity contribution >= 4 is 22.9 Å². The number of carbonyl (C=O) groups excluding carboxylic acids is 1. The van der Waals surface area contributed by atoms with Crippen molar-refractivity contribution in [1.29, 1.82) is 0 Å².